The highest BCUT2D eigenvalue weighted by atomic mass is 32.2. The lowest BCUT2D eigenvalue weighted by Gasteiger charge is -2.10. The summed E-state index contributed by atoms with van der Waals surface area (Å²) in [6.07, 6.45) is 0. The van der Waals surface area contributed by atoms with Crippen LogP contribution in [0.4, 0.5) is 5.69 Å². The fourth-order valence-corrected chi connectivity index (χ4v) is 1.26. The molecule has 0 heterocycles. The van der Waals surface area contributed by atoms with Gasteiger partial charge in [0.25, 0.3) is 0 Å². The van der Waals surface area contributed by atoms with Gasteiger partial charge in [0.1, 0.15) is 0 Å². The Morgan fingerprint density at radius 2 is 1.93 bits per heavy atom. The number of benzene rings is 1. The molecule has 0 aromatic heterocycles. The van der Waals surface area contributed by atoms with E-state index in [-0.39, 0.29) is 4.75 Å². The summed E-state index contributed by atoms with van der Waals surface area (Å²) in [6.45, 7) is 8.41. The van der Waals surface area contributed by atoms with Crippen LogP contribution in [-0.4, -0.2) is 4.75 Å². The molecule has 14 heavy (non-hydrogen) atoms. The Kier molecular flexibility index (Phi) is 3.69. The molecular formula is C11H16N2S. The van der Waals surface area contributed by atoms with Crippen LogP contribution in [0.25, 0.3) is 0 Å². The van der Waals surface area contributed by atoms with Gasteiger partial charge >= 0.3 is 0 Å². The maximum Gasteiger partial charge on any atom is 0.0866 e. The summed E-state index contributed by atoms with van der Waals surface area (Å²) < 4.78 is 4.23. The van der Waals surface area contributed by atoms with E-state index in [4.69, 9.17) is 0 Å². The average Bonchev–Trinajstić information content (AvgIpc) is 2.01. The van der Waals surface area contributed by atoms with Crippen LogP contribution in [0.1, 0.15) is 26.3 Å². The second-order valence-electron chi connectivity index (χ2n) is 4.22. The predicted octanol–water partition coefficient (Wildman–Crippen LogP) is 4.53. The molecule has 0 fully saturated rings. The van der Waals surface area contributed by atoms with E-state index in [1.54, 1.807) is 0 Å². The van der Waals surface area contributed by atoms with Crippen LogP contribution >= 0.6 is 11.9 Å². The number of nitrogens with zero attached hydrogens (tertiary/aromatic N) is 2. The summed E-state index contributed by atoms with van der Waals surface area (Å²) in [7, 11) is 0. The van der Waals surface area contributed by atoms with Gasteiger partial charge in [-0.05, 0) is 45.4 Å². The molecule has 2 nitrogen and oxygen atoms in total. The van der Waals surface area contributed by atoms with Gasteiger partial charge in [-0.1, -0.05) is 12.1 Å². The molecule has 0 radical (unpaired) electrons. The number of rotatable bonds is 2. The van der Waals surface area contributed by atoms with Crippen LogP contribution in [-0.2, 0) is 0 Å². The van der Waals surface area contributed by atoms with Gasteiger partial charge in [-0.15, -0.1) is 9.63 Å². The molecule has 0 spiro atoms. The van der Waals surface area contributed by atoms with E-state index in [0.717, 1.165) is 5.69 Å². The Morgan fingerprint density at radius 1 is 1.21 bits per heavy atom. The third-order valence-electron chi connectivity index (χ3n) is 1.47. The topological polar surface area (TPSA) is 24.7 Å². The first kappa shape index (κ1) is 11.2. The summed E-state index contributed by atoms with van der Waals surface area (Å²) in [5.74, 6) is 0. The highest BCUT2D eigenvalue weighted by Crippen LogP contribution is 2.26. The van der Waals surface area contributed by atoms with Crippen LogP contribution in [0.15, 0.2) is 33.9 Å². The molecule has 0 bridgehead atoms. The molecule has 0 aliphatic heterocycles. The maximum absolute atomic E-state index is 4.14. The monoisotopic (exact) mass is 208 g/mol. The summed E-state index contributed by atoms with van der Waals surface area (Å²) >= 11 is 1.49. The highest BCUT2D eigenvalue weighted by molar-refractivity contribution is 7.99. The molecule has 0 aliphatic carbocycles. The Bertz CT molecular complexity index is 326. The lowest BCUT2D eigenvalue weighted by Crippen LogP contribution is -2.04. The van der Waals surface area contributed by atoms with E-state index < -0.39 is 0 Å². The molecule has 0 aliphatic rings. The second kappa shape index (κ2) is 4.60. The Labute approximate surface area is 90.0 Å². The van der Waals surface area contributed by atoms with Crippen molar-refractivity contribution in [1.29, 1.82) is 0 Å². The molecule has 3 heteroatoms. The molecule has 0 saturated carbocycles. The highest BCUT2D eigenvalue weighted by Gasteiger charge is 2.09. The molecule has 76 valence electrons. The molecule has 1 aromatic rings. The van der Waals surface area contributed by atoms with Crippen LogP contribution in [0, 0.1) is 6.92 Å². The van der Waals surface area contributed by atoms with Crippen LogP contribution in [0.3, 0.4) is 0 Å². The minimum Gasteiger partial charge on any atom is -0.144 e. The van der Waals surface area contributed by atoms with E-state index in [0.29, 0.717) is 0 Å². The zero-order valence-electron chi connectivity index (χ0n) is 9.11. The van der Waals surface area contributed by atoms with E-state index in [9.17, 15) is 0 Å². The normalized spacial score (nSPS) is 12.3. The Morgan fingerprint density at radius 3 is 2.50 bits per heavy atom. The lowest BCUT2D eigenvalue weighted by molar-refractivity contribution is 0.802. The number of hydrogen-bond donors (Lipinski definition) is 0. The predicted molar refractivity (Wildman–Crippen MR) is 63.0 cm³/mol. The van der Waals surface area contributed by atoms with Crippen LogP contribution in [0.2, 0.25) is 0 Å². The Balaban J connectivity index is 2.61. The van der Waals surface area contributed by atoms with Gasteiger partial charge in [0, 0.05) is 16.7 Å². The molecule has 1 aromatic carbocycles. The van der Waals surface area contributed by atoms with Crippen molar-refractivity contribution in [2.24, 2.45) is 9.63 Å². The van der Waals surface area contributed by atoms with Crippen LogP contribution in [0.5, 0.6) is 0 Å². The fourth-order valence-electron chi connectivity index (χ4n) is 0.880. The van der Waals surface area contributed by atoms with Crippen molar-refractivity contribution in [1.82, 2.24) is 0 Å². The summed E-state index contributed by atoms with van der Waals surface area (Å²) in [4.78, 5) is 0. The second-order valence-corrected chi connectivity index (χ2v) is 5.79. The molecule has 1 rings (SSSR count). The summed E-state index contributed by atoms with van der Waals surface area (Å²) in [5.41, 5.74) is 2.13. The Hall–Kier alpha value is -0.830. The zero-order chi connectivity index (χ0) is 10.6. The summed E-state index contributed by atoms with van der Waals surface area (Å²) in [6, 6.07) is 8.02. The smallest absolute Gasteiger partial charge is 0.0866 e. The van der Waals surface area contributed by atoms with Gasteiger partial charge in [0.2, 0.25) is 0 Å². The molecule has 0 atom stereocenters. The molecular weight excluding hydrogens is 192 g/mol. The first-order valence-corrected chi connectivity index (χ1v) is 5.41. The lowest BCUT2D eigenvalue weighted by atomic mass is 10.2. The van der Waals surface area contributed by atoms with Gasteiger partial charge in [-0.2, -0.15) is 0 Å². The number of hydrogen-bond acceptors (Lipinski definition) is 3. The molecule has 0 N–H and O–H groups in total. The van der Waals surface area contributed by atoms with Gasteiger partial charge < -0.3 is 0 Å². The first-order valence-electron chi connectivity index (χ1n) is 4.63. The van der Waals surface area contributed by atoms with Crippen molar-refractivity contribution in [2.45, 2.75) is 32.4 Å². The average molecular weight is 208 g/mol. The SMILES string of the molecule is Cc1cccc(N=NSC(C)(C)C)c1. The fraction of sp³-hybridized carbons (Fsp3) is 0.455. The van der Waals surface area contributed by atoms with Crippen molar-refractivity contribution in [3.05, 3.63) is 29.8 Å². The standard InChI is InChI=1S/C11H16N2S/c1-9-6-5-7-10(8-9)12-13-14-11(2,3)4/h5-8H,1-4H3. The van der Waals surface area contributed by atoms with Crippen molar-refractivity contribution < 1.29 is 0 Å². The van der Waals surface area contributed by atoms with E-state index >= 15 is 0 Å². The molecule has 0 amide bonds. The minimum absolute atomic E-state index is 0.132. The van der Waals surface area contributed by atoms with Gasteiger partial charge in [-0.3, -0.25) is 0 Å². The zero-order valence-corrected chi connectivity index (χ0v) is 9.93. The molecule has 0 unspecified atom stereocenters. The van der Waals surface area contributed by atoms with E-state index in [1.807, 2.05) is 18.2 Å². The summed E-state index contributed by atoms with van der Waals surface area (Å²) in [5, 5.41) is 4.14. The third-order valence-corrected chi connectivity index (χ3v) is 2.18. The van der Waals surface area contributed by atoms with E-state index in [1.165, 1.54) is 17.5 Å². The van der Waals surface area contributed by atoms with Gasteiger partial charge in [0.15, 0.2) is 0 Å². The number of aryl methyl sites for hydroxylation is 1. The minimum atomic E-state index is 0.132. The largest absolute Gasteiger partial charge is 0.144 e. The quantitative estimate of drug-likeness (QED) is 0.518. The van der Waals surface area contributed by atoms with Crippen molar-refractivity contribution >= 4 is 17.6 Å². The maximum atomic E-state index is 4.14. The van der Waals surface area contributed by atoms with Crippen molar-refractivity contribution in [2.75, 3.05) is 0 Å². The van der Waals surface area contributed by atoms with Gasteiger partial charge in [-0.25, -0.2) is 0 Å². The van der Waals surface area contributed by atoms with Crippen molar-refractivity contribution in [3.8, 4) is 0 Å². The van der Waals surface area contributed by atoms with Crippen LogP contribution < -0.4 is 0 Å². The molecule has 0 saturated heterocycles. The van der Waals surface area contributed by atoms with Crippen molar-refractivity contribution in [3.63, 3.8) is 0 Å². The third kappa shape index (κ3) is 4.42. The first-order chi connectivity index (χ1) is 6.47. The van der Waals surface area contributed by atoms with E-state index in [2.05, 4.69) is 43.4 Å². The van der Waals surface area contributed by atoms with Gasteiger partial charge in [0.05, 0.1) is 5.69 Å².